The Hall–Kier alpha value is -3.52. The van der Waals surface area contributed by atoms with Gasteiger partial charge in [0.05, 0.1) is 27.6 Å². The highest BCUT2D eigenvalue weighted by Gasteiger charge is 2.36. The van der Waals surface area contributed by atoms with Gasteiger partial charge >= 0.3 is 0 Å². The molecule has 6 nitrogen and oxygen atoms in total. The van der Waals surface area contributed by atoms with Crippen molar-refractivity contribution in [2.24, 2.45) is 5.92 Å². The highest BCUT2D eigenvalue weighted by atomic mass is 32.2. The molecule has 3 aromatic rings. The Labute approximate surface area is 210 Å². The summed E-state index contributed by atoms with van der Waals surface area (Å²) in [5, 5.41) is 3.09. The Bertz CT molecular complexity index is 1440. The average Bonchev–Trinajstić information content (AvgIpc) is 2.94. The van der Waals surface area contributed by atoms with Crippen molar-refractivity contribution in [1.82, 2.24) is 5.32 Å². The minimum absolute atomic E-state index is 0.0146. The van der Waals surface area contributed by atoms with Gasteiger partial charge in [-0.05, 0) is 66.8 Å². The van der Waals surface area contributed by atoms with Gasteiger partial charge in [0.1, 0.15) is 5.82 Å². The van der Waals surface area contributed by atoms with Gasteiger partial charge in [-0.2, -0.15) is 0 Å². The number of carbonyl (C=O) groups excluding carboxylic acids is 2. The van der Waals surface area contributed by atoms with Gasteiger partial charge in [-0.1, -0.05) is 44.0 Å². The van der Waals surface area contributed by atoms with Crippen LogP contribution in [0.3, 0.4) is 0 Å². The largest absolute Gasteiger partial charge is 0.349 e. The molecule has 186 valence electrons. The van der Waals surface area contributed by atoms with Crippen LogP contribution in [-0.2, 0) is 16.4 Å². The molecular formula is C28H27FN2O4S. The van der Waals surface area contributed by atoms with E-state index in [4.69, 9.17) is 0 Å². The molecule has 3 aromatic carbocycles. The number of anilines is 1. The number of rotatable bonds is 4. The lowest BCUT2D eigenvalue weighted by atomic mass is 9.86. The van der Waals surface area contributed by atoms with Crippen LogP contribution in [0.5, 0.6) is 0 Å². The summed E-state index contributed by atoms with van der Waals surface area (Å²) >= 11 is 0. The van der Waals surface area contributed by atoms with Crippen LogP contribution in [0.4, 0.5) is 10.1 Å². The van der Waals surface area contributed by atoms with Crippen molar-refractivity contribution >= 4 is 27.3 Å². The molecule has 0 spiro atoms. The molecule has 36 heavy (non-hydrogen) atoms. The fourth-order valence-corrected chi connectivity index (χ4v) is 6.69. The lowest BCUT2D eigenvalue weighted by Gasteiger charge is -2.29. The summed E-state index contributed by atoms with van der Waals surface area (Å²) in [6, 6.07) is 16.2. The second-order valence-electron chi connectivity index (χ2n) is 9.54. The predicted molar refractivity (Wildman–Crippen MR) is 134 cm³/mol. The fourth-order valence-electron chi connectivity index (χ4n) is 5.06. The molecule has 0 saturated heterocycles. The van der Waals surface area contributed by atoms with Crippen molar-refractivity contribution in [3.8, 4) is 0 Å². The third-order valence-electron chi connectivity index (χ3n) is 7.14. The predicted octanol–water partition coefficient (Wildman–Crippen LogP) is 5.13. The maximum Gasteiger partial charge on any atom is 0.259 e. The fraction of sp³-hybridized carbons (Fsp3) is 0.286. The third-order valence-corrected chi connectivity index (χ3v) is 8.99. The first-order valence-corrected chi connectivity index (χ1v) is 13.6. The van der Waals surface area contributed by atoms with E-state index in [1.54, 1.807) is 24.3 Å². The first-order chi connectivity index (χ1) is 17.3. The number of carbonyl (C=O) groups is 2. The first-order valence-electron chi connectivity index (χ1n) is 12.1. The quantitative estimate of drug-likeness (QED) is 0.532. The molecule has 1 N–H and O–H groups in total. The maximum atomic E-state index is 13.7. The molecule has 1 fully saturated rings. The molecule has 1 heterocycles. The lowest BCUT2D eigenvalue weighted by Crippen LogP contribution is -2.41. The van der Waals surface area contributed by atoms with Crippen molar-refractivity contribution in [2.45, 2.75) is 55.0 Å². The summed E-state index contributed by atoms with van der Waals surface area (Å²) in [5.41, 5.74) is 1.09. The van der Waals surface area contributed by atoms with Crippen LogP contribution in [0.15, 0.2) is 76.5 Å². The number of amides is 2. The summed E-state index contributed by atoms with van der Waals surface area (Å²) in [4.78, 5) is 28.1. The number of halogens is 1. The number of hydrogen-bond donors (Lipinski definition) is 1. The highest BCUT2D eigenvalue weighted by molar-refractivity contribution is 7.91. The monoisotopic (exact) mass is 506 g/mol. The van der Waals surface area contributed by atoms with Crippen LogP contribution >= 0.6 is 0 Å². The van der Waals surface area contributed by atoms with E-state index in [1.165, 1.54) is 47.4 Å². The zero-order valence-electron chi connectivity index (χ0n) is 19.9. The van der Waals surface area contributed by atoms with Crippen molar-refractivity contribution in [3.05, 3.63) is 89.2 Å². The molecule has 1 aliphatic carbocycles. The standard InChI is InChI=1S/C28H27FN2O4S/c1-18-6-2-4-8-23(18)30-27(32)20-12-15-26-24(16-20)31(17-19-10-13-21(29)14-11-19)28(33)22-7-3-5-9-25(22)36(26,34)35/h3,5,7,9-16,18,23H,2,4,6,8,17H2,1H3,(H,30,32)/t18-,23+/m1/s1. The number of nitrogens with one attached hydrogen (secondary N) is 1. The molecule has 1 aliphatic heterocycles. The molecule has 2 amide bonds. The summed E-state index contributed by atoms with van der Waals surface area (Å²) in [7, 11) is -4.04. The third kappa shape index (κ3) is 4.41. The molecule has 2 aliphatic rings. The Kier molecular flexibility index (Phi) is 6.38. The van der Waals surface area contributed by atoms with E-state index in [2.05, 4.69) is 12.2 Å². The highest BCUT2D eigenvalue weighted by Crippen LogP contribution is 2.38. The van der Waals surface area contributed by atoms with Crippen LogP contribution in [0.1, 0.15) is 58.9 Å². The summed E-state index contributed by atoms with van der Waals surface area (Å²) in [6.07, 6.45) is 4.14. The zero-order valence-corrected chi connectivity index (χ0v) is 20.7. The van der Waals surface area contributed by atoms with Gasteiger partial charge in [-0.25, -0.2) is 12.8 Å². The van der Waals surface area contributed by atoms with Crippen molar-refractivity contribution in [2.75, 3.05) is 4.90 Å². The van der Waals surface area contributed by atoms with E-state index in [1.807, 2.05) is 0 Å². The van der Waals surface area contributed by atoms with Crippen molar-refractivity contribution < 1.29 is 22.4 Å². The Morgan fingerprint density at radius 2 is 1.72 bits per heavy atom. The number of benzene rings is 3. The SMILES string of the molecule is C[C@@H]1CCCC[C@@H]1NC(=O)c1ccc2c(c1)N(Cc1ccc(F)cc1)C(=O)c1ccccc1S2(=O)=O. The molecule has 1 saturated carbocycles. The van der Waals surface area contributed by atoms with Crippen molar-refractivity contribution in [1.29, 1.82) is 0 Å². The Morgan fingerprint density at radius 3 is 2.47 bits per heavy atom. The molecule has 2 atom stereocenters. The van der Waals surface area contributed by atoms with Gasteiger partial charge in [0.2, 0.25) is 9.84 Å². The van der Waals surface area contributed by atoms with Crippen LogP contribution in [0.2, 0.25) is 0 Å². The molecular weight excluding hydrogens is 479 g/mol. The van der Waals surface area contributed by atoms with E-state index in [0.717, 1.165) is 25.7 Å². The minimum atomic E-state index is -4.04. The summed E-state index contributed by atoms with van der Waals surface area (Å²) < 4.78 is 40.7. The molecule has 0 bridgehead atoms. The van der Waals surface area contributed by atoms with E-state index in [-0.39, 0.29) is 45.1 Å². The minimum Gasteiger partial charge on any atom is -0.349 e. The summed E-state index contributed by atoms with van der Waals surface area (Å²) in [5.74, 6) is -0.860. The summed E-state index contributed by atoms with van der Waals surface area (Å²) in [6.45, 7) is 2.13. The number of fused-ring (bicyclic) bond motifs is 2. The molecule has 0 radical (unpaired) electrons. The molecule has 5 rings (SSSR count). The number of hydrogen-bond acceptors (Lipinski definition) is 4. The first kappa shape index (κ1) is 24.2. The van der Waals surface area contributed by atoms with E-state index < -0.39 is 21.6 Å². The topological polar surface area (TPSA) is 83.6 Å². The van der Waals surface area contributed by atoms with Gasteiger partial charge in [0.15, 0.2) is 0 Å². The zero-order chi connectivity index (χ0) is 25.4. The number of nitrogens with zero attached hydrogens (tertiary/aromatic N) is 1. The van der Waals surface area contributed by atoms with Crippen molar-refractivity contribution in [3.63, 3.8) is 0 Å². The normalized spacial score (nSPS) is 20.7. The van der Waals surface area contributed by atoms with Crippen LogP contribution in [0, 0.1) is 11.7 Å². The second-order valence-corrected chi connectivity index (χ2v) is 11.4. The van der Waals surface area contributed by atoms with Crippen LogP contribution < -0.4 is 10.2 Å². The van der Waals surface area contributed by atoms with Gasteiger partial charge in [-0.15, -0.1) is 0 Å². The molecule has 8 heteroatoms. The second kappa shape index (κ2) is 9.50. The van der Waals surface area contributed by atoms with Crippen LogP contribution in [0.25, 0.3) is 0 Å². The van der Waals surface area contributed by atoms with Crippen LogP contribution in [-0.4, -0.2) is 26.3 Å². The van der Waals surface area contributed by atoms with E-state index in [9.17, 15) is 22.4 Å². The van der Waals surface area contributed by atoms with Gasteiger partial charge in [-0.3, -0.25) is 9.59 Å². The molecule has 0 aromatic heterocycles. The Balaban J connectivity index is 1.60. The lowest BCUT2D eigenvalue weighted by molar-refractivity contribution is 0.0908. The van der Waals surface area contributed by atoms with E-state index in [0.29, 0.717) is 11.5 Å². The van der Waals surface area contributed by atoms with Gasteiger partial charge in [0.25, 0.3) is 11.8 Å². The maximum absolute atomic E-state index is 13.7. The smallest absolute Gasteiger partial charge is 0.259 e. The number of sulfone groups is 1. The van der Waals surface area contributed by atoms with Gasteiger partial charge in [0, 0.05) is 11.6 Å². The van der Waals surface area contributed by atoms with E-state index >= 15 is 0 Å². The molecule has 0 unspecified atom stereocenters. The van der Waals surface area contributed by atoms with Gasteiger partial charge < -0.3 is 10.2 Å². The average molecular weight is 507 g/mol. The Morgan fingerprint density at radius 1 is 1.00 bits per heavy atom.